The van der Waals surface area contributed by atoms with Crippen LogP contribution in [0.4, 0.5) is 5.69 Å². The Kier molecular flexibility index (Phi) is 3.34. The van der Waals surface area contributed by atoms with E-state index in [0.717, 1.165) is 31.6 Å². The number of hydrogen-bond acceptors (Lipinski definition) is 3. The molecule has 88 valence electrons. The summed E-state index contributed by atoms with van der Waals surface area (Å²) >= 11 is 0. The van der Waals surface area contributed by atoms with Crippen molar-refractivity contribution in [3.05, 3.63) is 23.8 Å². The zero-order valence-electron chi connectivity index (χ0n) is 10.1. The van der Waals surface area contributed by atoms with Crippen molar-refractivity contribution < 1.29 is 5.11 Å². The lowest BCUT2D eigenvalue weighted by Crippen LogP contribution is -2.25. The summed E-state index contributed by atoms with van der Waals surface area (Å²) in [4.78, 5) is 4.58. The third-order valence-corrected chi connectivity index (χ3v) is 3.13. The predicted molar refractivity (Wildman–Crippen MR) is 67.2 cm³/mol. The minimum absolute atomic E-state index is 0.451. The fraction of sp³-hybridized carbons (Fsp3) is 0.538. The summed E-state index contributed by atoms with van der Waals surface area (Å²) in [7, 11) is 4.20. The Labute approximate surface area is 97.3 Å². The van der Waals surface area contributed by atoms with Crippen molar-refractivity contribution in [3.8, 4) is 5.75 Å². The average molecular weight is 220 g/mol. The van der Waals surface area contributed by atoms with Gasteiger partial charge in [0, 0.05) is 24.3 Å². The van der Waals surface area contributed by atoms with Crippen LogP contribution in [0.2, 0.25) is 0 Å². The molecule has 3 nitrogen and oxygen atoms in total. The highest BCUT2D eigenvalue weighted by Crippen LogP contribution is 2.34. The van der Waals surface area contributed by atoms with E-state index in [4.69, 9.17) is 0 Å². The largest absolute Gasteiger partial charge is 0.508 e. The fourth-order valence-corrected chi connectivity index (χ4v) is 2.29. The molecule has 1 aromatic rings. The van der Waals surface area contributed by atoms with Gasteiger partial charge in [-0.2, -0.15) is 0 Å². The summed E-state index contributed by atoms with van der Waals surface area (Å²) in [5, 5.41) is 9.73. The quantitative estimate of drug-likeness (QED) is 0.836. The highest BCUT2D eigenvalue weighted by Gasteiger charge is 2.20. The molecule has 0 aliphatic carbocycles. The van der Waals surface area contributed by atoms with Gasteiger partial charge in [0.05, 0.1) is 0 Å². The number of fused-ring (bicyclic) bond motifs is 1. The van der Waals surface area contributed by atoms with Crippen LogP contribution in [0.5, 0.6) is 5.75 Å². The van der Waals surface area contributed by atoms with E-state index in [0.29, 0.717) is 5.75 Å². The molecule has 0 unspecified atom stereocenters. The number of phenols is 1. The van der Waals surface area contributed by atoms with Crippen LogP contribution in [0, 0.1) is 0 Å². The SMILES string of the molecule is CN(C)CCCN1CCc2c(O)cccc21. The molecule has 0 atom stereocenters. The molecule has 16 heavy (non-hydrogen) atoms. The smallest absolute Gasteiger partial charge is 0.120 e. The summed E-state index contributed by atoms with van der Waals surface area (Å²) in [5.74, 6) is 0.451. The molecule has 1 heterocycles. The maximum Gasteiger partial charge on any atom is 0.120 e. The molecule has 0 amide bonds. The third-order valence-electron chi connectivity index (χ3n) is 3.13. The molecule has 1 N–H and O–H groups in total. The monoisotopic (exact) mass is 220 g/mol. The van der Waals surface area contributed by atoms with Crippen molar-refractivity contribution in [2.45, 2.75) is 12.8 Å². The van der Waals surface area contributed by atoms with Crippen LogP contribution < -0.4 is 4.90 Å². The second kappa shape index (κ2) is 4.74. The van der Waals surface area contributed by atoms with Gasteiger partial charge in [-0.25, -0.2) is 0 Å². The normalized spacial score (nSPS) is 14.6. The average Bonchev–Trinajstić information content (AvgIpc) is 2.63. The molecule has 0 saturated carbocycles. The Morgan fingerprint density at radius 2 is 2.19 bits per heavy atom. The number of aromatic hydroxyl groups is 1. The Balaban J connectivity index is 1.98. The van der Waals surface area contributed by atoms with Gasteiger partial charge in [-0.1, -0.05) is 6.07 Å². The molecule has 2 rings (SSSR count). The van der Waals surface area contributed by atoms with Gasteiger partial charge in [0.1, 0.15) is 5.75 Å². The van der Waals surface area contributed by atoms with Gasteiger partial charge < -0.3 is 14.9 Å². The topological polar surface area (TPSA) is 26.7 Å². The van der Waals surface area contributed by atoms with Gasteiger partial charge in [0.25, 0.3) is 0 Å². The van der Waals surface area contributed by atoms with Crippen molar-refractivity contribution in [1.82, 2.24) is 4.90 Å². The van der Waals surface area contributed by atoms with E-state index in [1.165, 1.54) is 12.1 Å². The standard InChI is InChI=1S/C13H20N2O/c1-14(2)8-4-9-15-10-7-11-12(15)5-3-6-13(11)16/h3,5-6,16H,4,7-10H2,1-2H3. The minimum Gasteiger partial charge on any atom is -0.508 e. The van der Waals surface area contributed by atoms with Crippen LogP contribution in [0.1, 0.15) is 12.0 Å². The second-order valence-corrected chi connectivity index (χ2v) is 4.67. The maximum atomic E-state index is 9.73. The summed E-state index contributed by atoms with van der Waals surface area (Å²) in [6.45, 7) is 3.24. The Morgan fingerprint density at radius 1 is 1.38 bits per heavy atom. The molecule has 0 fully saturated rings. The first-order valence-electron chi connectivity index (χ1n) is 5.89. The Hall–Kier alpha value is -1.22. The summed E-state index contributed by atoms with van der Waals surface area (Å²) < 4.78 is 0. The van der Waals surface area contributed by atoms with E-state index in [1.54, 1.807) is 6.07 Å². The lowest BCUT2D eigenvalue weighted by Gasteiger charge is -2.20. The molecule has 1 aliphatic rings. The molecule has 0 saturated heterocycles. The zero-order valence-corrected chi connectivity index (χ0v) is 10.1. The van der Waals surface area contributed by atoms with Gasteiger partial charge in [0.15, 0.2) is 0 Å². The van der Waals surface area contributed by atoms with Crippen LogP contribution in [0.15, 0.2) is 18.2 Å². The van der Waals surface area contributed by atoms with Gasteiger partial charge in [-0.15, -0.1) is 0 Å². The predicted octanol–water partition coefficient (Wildman–Crippen LogP) is 1.71. The number of nitrogens with zero attached hydrogens (tertiary/aromatic N) is 2. The summed E-state index contributed by atoms with van der Waals surface area (Å²) in [6, 6.07) is 5.82. The highest BCUT2D eigenvalue weighted by molar-refractivity contribution is 5.62. The van der Waals surface area contributed by atoms with Gasteiger partial charge in [-0.3, -0.25) is 0 Å². The highest BCUT2D eigenvalue weighted by atomic mass is 16.3. The van der Waals surface area contributed by atoms with Crippen LogP contribution in [0.25, 0.3) is 0 Å². The van der Waals surface area contributed by atoms with E-state index in [2.05, 4.69) is 30.0 Å². The van der Waals surface area contributed by atoms with Gasteiger partial charge in [-0.05, 0) is 45.6 Å². The van der Waals surface area contributed by atoms with E-state index in [9.17, 15) is 5.11 Å². The Bertz CT molecular complexity index is 363. The fourth-order valence-electron chi connectivity index (χ4n) is 2.29. The number of benzene rings is 1. The van der Waals surface area contributed by atoms with Gasteiger partial charge in [0.2, 0.25) is 0 Å². The van der Waals surface area contributed by atoms with Crippen molar-refractivity contribution in [3.63, 3.8) is 0 Å². The number of hydrogen-bond donors (Lipinski definition) is 1. The Morgan fingerprint density at radius 3 is 2.94 bits per heavy atom. The van der Waals surface area contributed by atoms with Crippen LogP contribution in [0.3, 0.4) is 0 Å². The third kappa shape index (κ3) is 2.30. The molecule has 0 bridgehead atoms. The summed E-state index contributed by atoms with van der Waals surface area (Å²) in [5.41, 5.74) is 2.34. The molecule has 0 aromatic heterocycles. The zero-order chi connectivity index (χ0) is 11.5. The number of anilines is 1. The van der Waals surface area contributed by atoms with E-state index >= 15 is 0 Å². The van der Waals surface area contributed by atoms with E-state index < -0.39 is 0 Å². The van der Waals surface area contributed by atoms with E-state index in [-0.39, 0.29) is 0 Å². The van der Waals surface area contributed by atoms with Crippen molar-refractivity contribution in [2.24, 2.45) is 0 Å². The van der Waals surface area contributed by atoms with E-state index in [1.807, 2.05) is 6.07 Å². The molecule has 1 aliphatic heterocycles. The second-order valence-electron chi connectivity index (χ2n) is 4.67. The maximum absolute atomic E-state index is 9.73. The molecule has 0 spiro atoms. The molecule has 0 radical (unpaired) electrons. The number of phenolic OH excluding ortho intramolecular Hbond substituents is 1. The first-order chi connectivity index (χ1) is 7.68. The van der Waals surface area contributed by atoms with Gasteiger partial charge >= 0.3 is 0 Å². The van der Waals surface area contributed by atoms with Crippen molar-refractivity contribution in [1.29, 1.82) is 0 Å². The lowest BCUT2D eigenvalue weighted by atomic mass is 10.1. The summed E-state index contributed by atoms with van der Waals surface area (Å²) in [6.07, 6.45) is 2.14. The minimum atomic E-state index is 0.451. The molecule has 1 aromatic carbocycles. The van der Waals surface area contributed by atoms with Crippen molar-refractivity contribution >= 4 is 5.69 Å². The van der Waals surface area contributed by atoms with Crippen molar-refractivity contribution in [2.75, 3.05) is 38.6 Å². The first-order valence-corrected chi connectivity index (χ1v) is 5.89. The van der Waals surface area contributed by atoms with Crippen LogP contribution in [-0.4, -0.2) is 43.7 Å². The molecule has 3 heteroatoms. The number of rotatable bonds is 4. The molecular formula is C13H20N2O. The van der Waals surface area contributed by atoms with Crippen LogP contribution >= 0.6 is 0 Å². The molecular weight excluding hydrogens is 200 g/mol. The lowest BCUT2D eigenvalue weighted by molar-refractivity contribution is 0.401. The first kappa shape index (κ1) is 11.3. The van der Waals surface area contributed by atoms with Crippen LogP contribution in [-0.2, 0) is 6.42 Å².